The van der Waals surface area contributed by atoms with Crippen LogP contribution in [0.25, 0.3) is 0 Å². The first kappa shape index (κ1) is 16.0. The van der Waals surface area contributed by atoms with Crippen LogP contribution < -0.4 is 4.90 Å². The van der Waals surface area contributed by atoms with E-state index in [1.165, 1.54) is 5.69 Å². The minimum atomic E-state index is -0.245. The van der Waals surface area contributed by atoms with Crippen molar-refractivity contribution in [3.05, 3.63) is 65.7 Å². The van der Waals surface area contributed by atoms with Gasteiger partial charge < -0.3 is 14.4 Å². The summed E-state index contributed by atoms with van der Waals surface area (Å²) in [5, 5.41) is 0. The molecule has 2 aliphatic rings. The van der Waals surface area contributed by atoms with E-state index in [2.05, 4.69) is 29.2 Å². The molecular formula is C20H22N2O3. The number of ether oxygens (including phenoxy) is 2. The number of rotatable bonds is 4. The van der Waals surface area contributed by atoms with Gasteiger partial charge in [0, 0.05) is 25.3 Å². The van der Waals surface area contributed by atoms with Gasteiger partial charge in [0.2, 0.25) is 0 Å². The number of carbonyl (C=O) groups is 1. The number of cyclic esters (lactones) is 1. The van der Waals surface area contributed by atoms with Crippen LogP contribution in [0.15, 0.2) is 54.6 Å². The van der Waals surface area contributed by atoms with Crippen molar-refractivity contribution in [1.29, 1.82) is 0 Å². The zero-order valence-electron chi connectivity index (χ0n) is 14.1. The summed E-state index contributed by atoms with van der Waals surface area (Å²) in [6.45, 7) is 4.50. The minimum absolute atomic E-state index is 0.184. The highest BCUT2D eigenvalue weighted by molar-refractivity contribution is 5.70. The fraction of sp³-hybridized carbons (Fsp3) is 0.350. The maximum atomic E-state index is 12.2. The summed E-state index contributed by atoms with van der Waals surface area (Å²) in [5.41, 5.74) is 3.35. The Labute approximate surface area is 147 Å². The van der Waals surface area contributed by atoms with Gasteiger partial charge in [-0.2, -0.15) is 0 Å². The Balaban J connectivity index is 1.44. The predicted octanol–water partition coefficient (Wildman–Crippen LogP) is 3.22. The number of anilines is 1. The van der Waals surface area contributed by atoms with Gasteiger partial charge in [0.05, 0.1) is 19.8 Å². The SMILES string of the molecule is O=C1OC(c2ccccc2)CN1Cc1cccc(N2CCOCC2)c1. The van der Waals surface area contributed by atoms with Crippen molar-refractivity contribution in [3.8, 4) is 0 Å². The van der Waals surface area contributed by atoms with E-state index < -0.39 is 0 Å². The zero-order valence-corrected chi connectivity index (χ0v) is 14.1. The van der Waals surface area contributed by atoms with E-state index in [1.807, 2.05) is 30.3 Å². The number of nitrogens with zero attached hydrogens (tertiary/aromatic N) is 2. The van der Waals surface area contributed by atoms with Crippen molar-refractivity contribution in [2.75, 3.05) is 37.7 Å². The molecule has 0 aliphatic carbocycles. The smallest absolute Gasteiger partial charge is 0.410 e. The first-order chi connectivity index (χ1) is 12.3. The lowest BCUT2D eigenvalue weighted by Crippen LogP contribution is -2.36. The van der Waals surface area contributed by atoms with E-state index in [9.17, 15) is 4.79 Å². The van der Waals surface area contributed by atoms with Crippen LogP contribution in [0, 0.1) is 0 Å². The summed E-state index contributed by atoms with van der Waals surface area (Å²) in [4.78, 5) is 16.3. The molecule has 0 spiro atoms. The summed E-state index contributed by atoms with van der Waals surface area (Å²) >= 11 is 0. The quantitative estimate of drug-likeness (QED) is 0.858. The molecule has 4 rings (SSSR count). The number of amides is 1. The Morgan fingerprint density at radius 3 is 2.60 bits per heavy atom. The van der Waals surface area contributed by atoms with Gasteiger partial charge in [-0.1, -0.05) is 42.5 Å². The lowest BCUT2D eigenvalue weighted by Gasteiger charge is -2.29. The third kappa shape index (κ3) is 3.61. The molecule has 2 aliphatic heterocycles. The molecule has 0 radical (unpaired) electrons. The molecule has 1 unspecified atom stereocenters. The maximum Gasteiger partial charge on any atom is 0.410 e. The second-order valence-corrected chi connectivity index (χ2v) is 6.43. The second-order valence-electron chi connectivity index (χ2n) is 6.43. The van der Waals surface area contributed by atoms with Crippen molar-refractivity contribution in [3.63, 3.8) is 0 Å². The monoisotopic (exact) mass is 338 g/mol. The lowest BCUT2D eigenvalue weighted by atomic mass is 10.1. The summed E-state index contributed by atoms with van der Waals surface area (Å²) in [6.07, 6.45) is -0.429. The van der Waals surface area contributed by atoms with Gasteiger partial charge in [0.25, 0.3) is 0 Å². The molecule has 2 aromatic carbocycles. The van der Waals surface area contributed by atoms with Crippen molar-refractivity contribution in [2.45, 2.75) is 12.6 Å². The molecule has 1 atom stereocenters. The van der Waals surface area contributed by atoms with Gasteiger partial charge in [-0.05, 0) is 23.3 Å². The molecule has 5 heteroatoms. The molecule has 5 nitrogen and oxygen atoms in total. The molecule has 2 saturated heterocycles. The molecule has 130 valence electrons. The average molecular weight is 338 g/mol. The third-order valence-electron chi connectivity index (χ3n) is 4.72. The highest BCUT2D eigenvalue weighted by Crippen LogP contribution is 2.27. The Hall–Kier alpha value is -2.53. The van der Waals surface area contributed by atoms with Gasteiger partial charge in [0.1, 0.15) is 6.10 Å². The first-order valence-electron chi connectivity index (χ1n) is 8.72. The van der Waals surface area contributed by atoms with E-state index in [-0.39, 0.29) is 12.2 Å². The Morgan fingerprint density at radius 2 is 1.80 bits per heavy atom. The van der Waals surface area contributed by atoms with E-state index >= 15 is 0 Å². The molecule has 0 bridgehead atoms. The van der Waals surface area contributed by atoms with Crippen LogP contribution in [0.1, 0.15) is 17.2 Å². The Morgan fingerprint density at radius 1 is 1.00 bits per heavy atom. The largest absolute Gasteiger partial charge is 0.439 e. The normalized spacial score (nSPS) is 20.6. The topological polar surface area (TPSA) is 42.0 Å². The van der Waals surface area contributed by atoms with Crippen molar-refractivity contribution in [1.82, 2.24) is 4.90 Å². The van der Waals surface area contributed by atoms with Crippen LogP contribution in [-0.2, 0) is 16.0 Å². The minimum Gasteiger partial charge on any atom is -0.439 e. The lowest BCUT2D eigenvalue weighted by molar-refractivity contribution is 0.122. The van der Waals surface area contributed by atoms with Gasteiger partial charge in [0.15, 0.2) is 0 Å². The van der Waals surface area contributed by atoms with Crippen LogP contribution in [0.4, 0.5) is 10.5 Å². The van der Waals surface area contributed by atoms with E-state index in [1.54, 1.807) is 4.90 Å². The molecule has 0 aromatic heterocycles. The van der Waals surface area contributed by atoms with Gasteiger partial charge in [-0.25, -0.2) is 4.79 Å². The van der Waals surface area contributed by atoms with Crippen LogP contribution in [0.5, 0.6) is 0 Å². The molecule has 2 heterocycles. The van der Waals surface area contributed by atoms with Gasteiger partial charge in [-0.3, -0.25) is 4.90 Å². The average Bonchev–Trinajstić information content (AvgIpc) is 3.04. The second kappa shape index (κ2) is 7.15. The van der Waals surface area contributed by atoms with E-state index in [4.69, 9.17) is 9.47 Å². The Kier molecular flexibility index (Phi) is 4.57. The van der Waals surface area contributed by atoms with E-state index in [0.717, 1.165) is 37.4 Å². The number of morpholine rings is 1. The molecule has 0 saturated carbocycles. The predicted molar refractivity (Wildman–Crippen MR) is 95.5 cm³/mol. The van der Waals surface area contributed by atoms with Crippen LogP contribution in [-0.4, -0.2) is 43.8 Å². The number of benzene rings is 2. The molecule has 25 heavy (non-hydrogen) atoms. The van der Waals surface area contributed by atoms with E-state index in [0.29, 0.717) is 13.1 Å². The summed E-state index contributed by atoms with van der Waals surface area (Å²) in [7, 11) is 0. The summed E-state index contributed by atoms with van der Waals surface area (Å²) in [6, 6.07) is 18.3. The zero-order chi connectivity index (χ0) is 17.1. The Bertz CT molecular complexity index is 729. The number of carbonyl (C=O) groups excluding carboxylic acids is 1. The molecule has 1 amide bonds. The summed E-state index contributed by atoms with van der Waals surface area (Å²) < 4.78 is 11.0. The molecule has 2 aromatic rings. The fourth-order valence-electron chi connectivity index (χ4n) is 3.37. The van der Waals surface area contributed by atoms with Crippen LogP contribution in [0.2, 0.25) is 0 Å². The fourth-order valence-corrected chi connectivity index (χ4v) is 3.37. The van der Waals surface area contributed by atoms with Gasteiger partial charge >= 0.3 is 6.09 Å². The first-order valence-corrected chi connectivity index (χ1v) is 8.72. The third-order valence-corrected chi connectivity index (χ3v) is 4.72. The van der Waals surface area contributed by atoms with Crippen molar-refractivity contribution < 1.29 is 14.3 Å². The highest BCUT2D eigenvalue weighted by atomic mass is 16.6. The van der Waals surface area contributed by atoms with Crippen molar-refractivity contribution in [2.24, 2.45) is 0 Å². The van der Waals surface area contributed by atoms with Crippen molar-refractivity contribution >= 4 is 11.8 Å². The van der Waals surface area contributed by atoms with Crippen LogP contribution >= 0.6 is 0 Å². The molecule has 2 fully saturated rings. The standard InChI is InChI=1S/C20H22N2O3/c23-20-22(15-19(25-20)17-6-2-1-3-7-17)14-16-5-4-8-18(13-16)21-9-11-24-12-10-21/h1-8,13,19H,9-12,14-15H2. The summed E-state index contributed by atoms with van der Waals surface area (Å²) in [5.74, 6) is 0. The molecule has 0 N–H and O–H groups in total. The maximum absolute atomic E-state index is 12.2. The van der Waals surface area contributed by atoms with Gasteiger partial charge in [-0.15, -0.1) is 0 Å². The number of hydrogen-bond acceptors (Lipinski definition) is 4. The molecular weight excluding hydrogens is 316 g/mol. The highest BCUT2D eigenvalue weighted by Gasteiger charge is 2.32. The number of hydrogen-bond donors (Lipinski definition) is 0. The van der Waals surface area contributed by atoms with Crippen LogP contribution in [0.3, 0.4) is 0 Å².